The van der Waals surface area contributed by atoms with Crippen molar-refractivity contribution in [2.24, 2.45) is 0 Å². The first-order valence-corrected chi connectivity index (χ1v) is 14.8. The zero-order valence-electron chi connectivity index (χ0n) is 21.8. The molecule has 10 nitrogen and oxygen atoms in total. The zero-order chi connectivity index (χ0) is 28.8. The monoisotopic (exact) mass is 572 g/mol. The number of fused-ring (bicyclic) bond motifs is 2. The summed E-state index contributed by atoms with van der Waals surface area (Å²) in [5, 5.41) is 5.94. The van der Waals surface area contributed by atoms with Gasteiger partial charge in [0.05, 0.1) is 15.2 Å². The summed E-state index contributed by atoms with van der Waals surface area (Å²) in [6.45, 7) is 7.91. The molecule has 0 saturated carbocycles. The van der Waals surface area contributed by atoms with Crippen LogP contribution < -0.4 is 10.6 Å². The number of allylic oxidation sites excluding steroid dienone is 6. The maximum Gasteiger partial charge on any atom is 0.294 e. The van der Waals surface area contributed by atoms with E-state index in [1.165, 1.54) is 24.3 Å². The van der Waals surface area contributed by atoms with Crippen LogP contribution in [-0.2, 0) is 35.9 Å². The summed E-state index contributed by atoms with van der Waals surface area (Å²) in [5.74, 6) is 0. The predicted octanol–water partition coefficient (Wildman–Crippen LogP) is 3.66. The van der Waals surface area contributed by atoms with Gasteiger partial charge >= 0.3 is 0 Å². The van der Waals surface area contributed by atoms with E-state index in [9.17, 15) is 30.7 Å². The summed E-state index contributed by atoms with van der Waals surface area (Å²) in [7, 11) is -8.70. The van der Waals surface area contributed by atoms with Gasteiger partial charge in [0.25, 0.3) is 20.2 Å². The van der Waals surface area contributed by atoms with E-state index >= 15 is 0 Å². The van der Waals surface area contributed by atoms with Gasteiger partial charge in [0.2, 0.25) is 18.8 Å². The summed E-state index contributed by atoms with van der Waals surface area (Å²) < 4.78 is 67.4. The highest BCUT2D eigenvalue weighted by Crippen LogP contribution is 2.44. The van der Waals surface area contributed by atoms with Crippen LogP contribution in [0.3, 0.4) is 0 Å². The first-order chi connectivity index (χ1) is 18.1. The van der Waals surface area contributed by atoms with Gasteiger partial charge in [0.15, 0.2) is 5.71 Å². The van der Waals surface area contributed by atoms with Crippen LogP contribution in [0, 0.1) is 0 Å². The first kappa shape index (κ1) is 28.4. The standard InChI is InChI=1S/C27H29N3O7S2/c1-26(2)20-14-18(38(32,33)34)10-12-22(20)29-24(26)8-6-5-7-9-25-27(3,4)21-15-19(39(35,36)37)11-13-23(21)30(25)16-28-17-31/h5-15,17H,16H2,1-4H3,(H3,28,31,32,33,34,35,36,37)/p+1. The van der Waals surface area contributed by atoms with Crippen molar-refractivity contribution in [2.75, 3.05) is 12.0 Å². The van der Waals surface area contributed by atoms with Gasteiger partial charge in [-0.3, -0.25) is 13.9 Å². The third-order valence-electron chi connectivity index (χ3n) is 7.14. The molecule has 2 aromatic carbocycles. The third-order valence-corrected chi connectivity index (χ3v) is 8.84. The number of hydrogen-bond acceptors (Lipinski definition) is 6. The van der Waals surface area contributed by atoms with Crippen molar-refractivity contribution in [3.05, 3.63) is 83.6 Å². The Balaban J connectivity index is 1.62. The molecule has 0 saturated heterocycles. The highest BCUT2D eigenvalue weighted by Gasteiger charge is 2.45. The van der Waals surface area contributed by atoms with Gasteiger partial charge in [-0.05, 0) is 55.8 Å². The lowest BCUT2D eigenvalue weighted by Gasteiger charge is -2.20. The van der Waals surface area contributed by atoms with Crippen molar-refractivity contribution in [1.82, 2.24) is 5.32 Å². The molecule has 2 aromatic rings. The third kappa shape index (κ3) is 5.33. The summed E-state index contributed by atoms with van der Waals surface area (Å²) in [5.41, 5.74) is 3.39. The van der Waals surface area contributed by atoms with Gasteiger partial charge in [-0.25, -0.2) is 0 Å². The van der Waals surface area contributed by atoms with Crippen LogP contribution in [0.25, 0.3) is 0 Å². The molecule has 0 aliphatic carbocycles. The molecule has 0 atom stereocenters. The normalized spacial score (nSPS) is 19.0. The van der Waals surface area contributed by atoms with E-state index in [0.717, 1.165) is 22.7 Å². The molecule has 2 aliphatic rings. The minimum Gasteiger partial charge on any atom is -0.358 e. The largest absolute Gasteiger partial charge is 0.358 e. The molecule has 12 heteroatoms. The molecule has 0 aromatic heterocycles. The first-order valence-electron chi connectivity index (χ1n) is 12.0. The molecule has 1 amide bonds. The molecule has 0 radical (unpaired) electrons. The molecular weight excluding hydrogens is 542 g/mol. The van der Waals surface area contributed by atoms with Crippen LogP contribution in [0.4, 0.5) is 11.4 Å². The Morgan fingerprint density at radius 2 is 1.49 bits per heavy atom. The molecule has 2 aliphatic heterocycles. The van der Waals surface area contributed by atoms with Crippen molar-refractivity contribution in [1.29, 1.82) is 0 Å². The SMILES string of the molecule is CC1(C)C(/C=C/C=C/C=C2\Nc3ccc(S(=O)(=O)O)cc3C2(C)C)=[N+](CNC=O)c2ccc(S(=O)(=O)O)cc21. The van der Waals surface area contributed by atoms with Crippen LogP contribution in [0.1, 0.15) is 38.8 Å². The van der Waals surface area contributed by atoms with E-state index in [2.05, 4.69) is 10.6 Å². The smallest absolute Gasteiger partial charge is 0.294 e. The average Bonchev–Trinajstić information content (AvgIpc) is 3.22. The molecule has 0 unspecified atom stereocenters. The molecule has 4 rings (SSSR count). The van der Waals surface area contributed by atoms with E-state index in [-0.39, 0.29) is 16.5 Å². The van der Waals surface area contributed by atoms with E-state index in [1.807, 2.05) is 62.7 Å². The van der Waals surface area contributed by atoms with E-state index in [0.29, 0.717) is 17.7 Å². The lowest BCUT2D eigenvalue weighted by molar-refractivity contribution is -0.441. The number of amides is 1. The van der Waals surface area contributed by atoms with Gasteiger partial charge in [-0.1, -0.05) is 32.1 Å². The predicted molar refractivity (Wildman–Crippen MR) is 148 cm³/mol. The Kier molecular flexibility index (Phi) is 7.19. The van der Waals surface area contributed by atoms with Gasteiger partial charge < -0.3 is 10.6 Å². The number of carbonyl (C=O) groups is 1. The van der Waals surface area contributed by atoms with Crippen molar-refractivity contribution in [3.8, 4) is 0 Å². The Morgan fingerprint density at radius 1 is 0.872 bits per heavy atom. The van der Waals surface area contributed by atoms with Crippen LogP contribution in [0.2, 0.25) is 0 Å². The van der Waals surface area contributed by atoms with Crippen LogP contribution >= 0.6 is 0 Å². The Morgan fingerprint density at radius 3 is 2.10 bits per heavy atom. The average molecular weight is 573 g/mol. The number of carbonyl (C=O) groups excluding carboxylic acids is 1. The summed E-state index contributed by atoms with van der Waals surface area (Å²) in [4.78, 5) is 10.6. The molecule has 0 bridgehead atoms. The van der Waals surface area contributed by atoms with Crippen molar-refractivity contribution in [2.45, 2.75) is 48.3 Å². The second-order valence-corrected chi connectivity index (χ2v) is 13.2. The molecule has 206 valence electrons. The molecule has 0 spiro atoms. The number of anilines is 1. The van der Waals surface area contributed by atoms with Crippen molar-refractivity contribution < 1.29 is 35.3 Å². The highest BCUT2D eigenvalue weighted by molar-refractivity contribution is 7.86. The van der Waals surface area contributed by atoms with Gasteiger partial charge in [0, 0.05) is 34.5 Å². The zero-order valence-corrected chi connectivity index (χ0v) is 23.5. The number of rotatable bonds is 8. The Hall–Kier alpha value is -3.58. The second kappa shape index (κ2) is 9.87. The minimum absolute atomic E-state index is 0.162. The molecule has 39 heavy (non-hydrogen) atoms. The topological polar surface area (TPSA) is 153 Å². The lowest BCUT2D eigenvalue weighted by Crippen LogP contribution is -2.31. The quantitative estimate of drug-likeness (QED) is 0.162. The maximum absolute atomic E-state index is 11.7. The number of nitrogens with one attached hydrogen (secondary N) is 2. The summed E-state index contributed by atoms with van der Waals surface area (Å²) in [6, 6.07) is 8.81. The number of nitrogens with zero attached hydrogens (tertiary/aromatic N) is 1. The molecular formula is C27H30N3O7S2+. The maximum atomic E-state index is 11.7. The fourth-order valence-corrected chi connectivity index (χ4v) is 6.00. The molecule has 2 heterocycles. The van der Waals surface area contributed by atoms with Crippen molar-refractivity contribution in [3.63, 3.8) is 0 Å². The fourth-order valence-electron chi connectivity index (χ4n) is 4.98. The van der Waals surface area contributed by atoms with Crippen molar-refractivity contribution >= 4 is 43.7 Å². The van der Waals surface area contributed by atoms with Crippen LogP contribution in [0.15, 0.2) is 82.3 Å². The van der Waals surface area contributed by atoms with E-state index < -0.39 is 31.1 Å². The van der Waals surface area contributed by atoms with Gasteiger partial charge in [-0.15, -0.1) is 0 Å². The van der Waals surface area contributed by atoms with Gasteiger partial charge in [0.1, 0.15) is 0 Å². The minimum atomic E-state index is -4.38. The Labute approximate surface area is 228 Å². The van der Waals surface area contributed by atoms with E-state index in [4.69, 9.17) is 0 Å². The molecule has 0 fully saturated rings. The van der Waals surface area contributed by atoms with Crippen LogP contribution in [0.5, 0.6) is 0 Å². The highest BCUT2D eigenvalue weighted by atomic mass is 32.2. The summed E-state index contributed by atoms with van der Waals surface area (Å²) in [6.07, 6.45) is 9.80. The van der Waals surface area contributed by atoms with Gasteiger partial charge in [-0.2, -0.15) is 21.4 Å². The second-order valence-electron chi connectivity index (χ2n) is 10.3. The summed E-state index contributed by atoms with van der Waals surface area (Å²) >= 11 is 0. The molecule has 4 N–H and O–H groups in total. The lowest BCUT2D eigenvalue weighted by atomic mass is 9.81. The fraction of sp³-hybridized carbons (Fsp3) is 0.259. The van der Waals surface area contributed by atoms with E-state index in [1.54, 1.807) is 12.1 Å². The number of hydrogen-bond donors (Lipinski definition) is 4. The number of benzene rings is 2. The van der Waals surface area contributed by atoms with Crippen LogP contribution in [-0.4, -0.2) is 49.3 Å². The Bertz CT molecular complexity index is 1700.